The Hall–Kier alpha value is -3.34. The van der Waals surface area contributed by atoms with E-state index in [0.29, 0.717) is 29.5 Å². The molecule has 0 atom stereocenters. The second-order valence-corrected chi connectivity index (χ2v) is 5.60. The SMILES string of the molecule is C=Cc1ccc(Cn2c(C(=O)O)c(C=O)c3ccc(OC)cc32)cc1. The van der Waals surface area contributed by atoms with Gasteiger partial charge >= 0.3 is 5.97 Å². The number of ether oxygens (including phenoxy) is 1. The number of rotatable bonds is 6. The highest BCUT2D eigenvalue weighted by atomic mass is 16.5. The monoisotopic (exact) mass is 335 g/mol. The average Bonchev–Trinajstić information content (AvgIpc) is 2.95. The molecule has 0 unspecified atom stereocenters. The second-order valence-electron chi connectivity index (χ2n) is 5.60. The summed E-state index contributed by atoms with van der Waals surface area (Å²) in [5.41, 5.74) is 2.70. The minimum absolute atomic E-state index is 0.0222. The lowest BCUT2D eigenvalue weighted by Crippen LogP contribution is -2.11. The molecule has 0 aliphatic heterocycles. The van der Waals surface area contributed by atoms with Crippen molar-refractivity contribution in [2.24, 2.45) is 0 Å². The Labute approximate surface area is 144 Å². The van der Waals surface area contributed by atoms with Crippen LogP contribution in [0.5, 0.6) is 5.75 Å². The Morgan fingerprint density at radius 2 is 1.96 bits per heavy atom. The van der Waals surface area contributed by atoms with Crippen LogP contribution in [0.25, 0.3) is 17.0 Å². The number of aldehydes is 1. The largest absolute Gasteiger partial charge is 0.497 e. The van der Waals surface area contributed by atoms with Gasteiger partial charge < -0.3 is 14.4 Å². The van der Waals surface area contributed by atoms with Gasteiger partial charge in [-0.05, 0) is 23.3 Å². The number of carboxylic acid groups (broad SMARTS) is 1. The van der Waals surface area contributed by atoms with Crippen molar-refractivity contribution < 1.29 is 19.4 Å². The minimum atomic E-state index is -1.14. The third-order valence-electron chi connectivity index (χ3n) is 4.19. The molecule has 1 aromatic heterocycles. The standard InChI is InChI=1S/C20H17NO4/c1-3-13-4-6-14(7-5-13)11-21-18-10-15(25-2)8-9-16(18)17(12-22)19(21)20(23)24/h3-10,12H,1,11H2,2H3,(H,23,24). The molecule has 0 saturated carbocycles. The summed E-state index contributed by atoms with van der Waals surface area (Å²) in [6.45, 7) is 4.05. The fourth-order valence-electron chi connectivity index (χ4n) is 2.94. The van der Waals surface area contributed by atoms with Crippen molar-refractivity contribution in [1.29, 1.82) is 0 Å². The molecule has 0 amide bonds. The van der Waals surface area contributed by atoms with E-state index in [1.54, 1.807) is 36.0 Å². The van der Waals surface area contributed by atoms with Crippen LogP contribution in [0.4, 0.5) is 0 Å². The Morgan fingerprint density at radius 3 is 2.52 bits per heavy atom. The maximum Gasteiger partial charge on any atom is 0.353 e. The quantitative estimate of drug-likeness (QED) is 0.695. The van der Waals surface area contributed by atoms with Gasteiger partial charge in [0, 0.05) is 18.0 Å². The van der Waals surface area contributed by atoms with Gasteiger partial charge in [0.2, 0.25) is 0 Å². The Balaban J connectivity index is 2.22. The van der Waals surface area contributed by atoms with Crippen LogP contribution >= 0.6 is 0 Å². The number of hydrogen-bond donors (Lipinski definition) is 1. The number of hydrogen-bond acceptors (Lipinski definition) is 3. The molecule has 0 radical (unpaired) electrons. The lowest BCUT2D eigenvalue weighted by Gasteiger charge is -2.10. The number of aromatic carboxylic acids is 1. The number of nitrogens with zero attached hydrogens (tertiary/aromatic N) is 1. The molecule has 0 spiro atoms. The molecular formula is C20H17NO4. The maximum atomic E-state index is 11.8. The summed E-state index contributed by atoms with van der Waals surface area (Å²) >= 11 is 0. The Morgan fingerprint density at radius 1 is 1.24 bits per heavy atom. The van der Waals surface area contributed by atoms with Gasteiger partial charge in [0.25, 0.3) is 0 Å². The molecule has 0 fully saturated rings. The zero-order valence-electron chi connectivity index (χ0n) is 13.7. The van der Waals surface area contributed by atoms with E-state index >= 15 is 0 Å². The van der Waals surface area contributed by atoms with E-state index in [1.807, 2.05) is 24.3 Å². The van der Waals surface area contributed by atoms with Crippen LogP contribution in [-0.4, -0.2) is 29.0 Å². The van der Waals surface area contributed by atoms with E-state index in [2.05, 4.69) is 6.58 Å². The van der Waals surface area contributed by atoms with Crippen molar-refractivity contribution in [1.82, 2.24) is 4.57 Å². The van der Waals surface area contributed by atoms with Crippen molar-refractivity contribution in [3.8, 4) is 5.75 Å². The van der Waals surface area contributed by atoms with Crippen molar-refractivity contribution >= 4 is 29.2 Å². The summed E-state index contributed by atoms with van der Waals surface area (Å²) in [4.78, 5) is 23.3. The van der Waals surface area contributed by atoms with Crippen LogP contribution in [0.15, 0.2) is 49.0 Å². The van der Waals surface area contributed by atoms with Crippen molar-refractivity contribution in [2.45, 2.75) is 6.54 Å². The van der Waals surface area contributed by atoms with Crippen LogP contribution < -0.4 is 4.74 Å². The zero-order chi connectivity index (χ0) is 18.0. The first kappa shape index (κ1) is 16.5. The number of carboxylic acids is 1. The molecule has 25 heavy (non-hydrogen) atoms. The minimum Gasteiger partial charge on any atom is -0.497 e. The molecule has 0 aliphatic rings. The van der Waals surface area contributed by atoms with Gasteiger partial charge in [-0.1, -0.05) is 36.9 Å². The zero-order valence-corrected chi connectivity index (χ0v) is 13.7. The van der Waals surface area contributed by atoms with Crippen LogP contribution in [-0.2, 0) is 6.54 Å². The van der Waals surface area contributed by atoms with Gasteiger partial charge in [0.05, 0.1) is 18.2 Å². The van der Waals surface area contributed by atoms with Crippen LogP contribution in [0.3, 0.4) is 0 Å². The highest BCUT2D eigenvalue weighted by Crippen LogP contribution is 2.29. The van der Waals surface area contributed by atoms with Gasteiger partial charge in [-0.3, -0.25) is 4.79 Å². The first-order chi connectivity index (χ1) is 12.1. The molecule has 2 aromatic carbocycles. The van der Waals surface area contributed by atoms with Crippen LogP contribution in [0, 0.1) is 0 Å². The highest BCUT2D eigenvalue weighted by Gasteiger charge is 2.22. The molecule has 3 aromatic rings. The summed E-state index contributed by atoms with van der Waals surface area (Å²) < 4.78 is 6.87. The first-order valence-electron chi connectivity index (χ1n) is 7.69. The lowest BCUT2D eigenvalue weighted by atomic mass is 10.1. The third-order valence-corrected chi connectivity index (χ3v) is 4.19. The van der Waals surface area contributed by atoms with Gasteiger partial charge in [-0.2, -0.15) is 0 Å². The smallest absolute Gasteiger partial charge is 0.353 e. The molecule has 0 bridgehead atoms. The molecule has 0 saturated heterocycles. The number of benzene rings is 2. The van der Waals surface area contributed by atoms with Gasteiger partial charge in [-0.25, -0.2) is 4.79 Å². The molecule has 5 heteroatoms. The van der Waals surface area contributed by atoms with E-state index in [1.165, 1.54) is 0 Å². The maximum absolute atomic E-state index is 11.8. The first-order valence-corrected chi connectivity index (χ1v) is 7.69. The average molecular weight is 335 g/mol. The van der Waals surface area contributed by atoms with E-state index in [9.17, 15) is 14.7 Å². The van der Waals surface area contributed by atoms with Gasteiger partial charge in [0.1, 0.15) is 11.4 Å². The van der Waals surface area contributed by atoms with Crippen molar-refractivity contribution in [3.05, 3.63) is 71.4 Å². The van der Waals surface area contributed by atoms with Crippen LogP contribution in [0.2, 0.25) is 0 Å². The summed E-state index contributed by atoms with van der Waals surface area (Å²) in [5.74, 6) is -0.539. The molecule has 0 aliphatic carbocycles. The van der Waals surface area contributed by atoms with E-state index in [0.717, 1.165) is 11.1 Å². The van der Waals surface area contributed by atoms with Gasteiger partial charge in [0.15, 0.2) is 6.29 Å². The molecule has 3 rings (SSSR count). The lowest BCUT2D eigenvalue weighted by molar-refractivity contribution is 0.0683. The van der Waals surface area contributed by atoms with E-state index in [4.69, 9.17) is 4.74 Å². The number of carbonyl (C=O) groups is 2. The predicted molar refractivity (Wildman–Crippen MR) is 96.5 cm³/mol. The fourth-order valence-corrected chi connectivity index (χ4v) is 2.94. The number of carbonyl (C=O) groups excluding carboxylic acids is 1. The third kappa shape index (κ3) is 2.92. The highest BCUT2D eigenvalue weighted by molar-refractivity contribution is 6.08. The molecule has 126 valence electrons. The fraction of sp³-hybridized carbons (Fsp3) is 0.100. The van der Waals surface area contributed by atoms with Crippen molar-refractivity contribution in [2.75, 3.05) is 7.11 Å². The van der Waals surface area contributed by atoms with Gasteiger partial charge in [-0.15, -0.1) is 0 Å². The second kappa shape index (κ2) is 6.65. The Bertz CT molecular complexity index is 968. The molecular weight excluding hydrogens is 318 g/mol. The summed E-state index contributed by atoms with van der Waals surface area (Å²) in [7, 11) is 1.54. The normalized spacial score (nSPS) is 10.6. The molecule has 1 N–H and O–H groups in total. The number of methoxy groups -OCH3 is 1. The molecule has 5 nitrogen and oxygen atoms in total. The topological polar surface area (TPSA) is 68.5 Å². The summed E-state index contributed by atoms with van der Waals surface area (Å²) in [5, 5.41) is 10.2. The van der Waals surface area contributed by atoms with E-state index in [-0.39, 0.29) is 11.3 Å². The Kier molecular flexibility index (Phi) is 4.39. The number of fused-ring (bicyclic) bond motifs is 1. The van der Waals surface area contributed by atoms with Crippen molar-refractivity contribution in [3.63, 3.8) is 0 Å². The van der Waals surface area contributed by atoms with Crippen LogP contribution in [0.1, 0.15) is 32.0 Å². The predicted octanol–water partition coefficient (Wildman–Crippen LogP) is 3.85. The summed E-state index contributed by atoms with van der Waals surface area (Å²) in [6.07, 6.45) is 2.34. The summed E-state index contributed by atoms with van der Waals surface area (Å²) in [6, 6.07) is 12.8. The van der Waals surface area contributed by atoms with E-state index < -0.39 is 5.97 Å². The molecule has 1 heterocycles. The number of aromatic nitrogens is 1.